The molecule has 1 amide bonds. The zero-order chi connectivity index (χ0) is 14.8. The average Bonchev–Trinajstić information content (AvgIpc) is 2.55. The van der Waals surface area contributed by atoms with E-state index in [-0.39, 0.29) is 5.91 Å². The van der Waals surface area contributed by atoms with Gasteiger partial charge in [0.15, 0.2) is 0 Å². The van der Waals surface area contributed by atoms with Crippen molar-refractivity contribution < 1.29 is 14.3 Å². The van der Waals surface area contributed by atoms with E-state index in [0.29, 0.717) is 9.35 Å². The number of rotatable bonds is 3. The molecule has 0 fully saturated rings. The molecule has 1 rings (SSSR count). The van der Waals surface area contributed by atoms with Crippen LogP contribution in [0.2, 0.25) is 0 Å². The van der Waals surface area contributed by atoms with Gasteiger partial charge in [0.25, 0.3) is 5.91 Å². The zero-order valence-electron chi connectivity index (χ0n) is 11.0. The van der Waals surface area contributed by atoms with E-state index in [2.05, 4.69) is 37.2 Å². The van der Waals surface area contributed by atoms with Gasteiger partial charge in [-0.3, -0.25) is 4.79 Å². The number of hydrogen-bond donors (Lipinski definition) is 1. The lowest BCUT2D eigenvalue weighted by Crippen LogP contribution is -2.42. The number of amides is 1. The predicted octanol–water partition coefficient (Wildman–Crippen LogP) is 3.73. The highest BCUT2D eigenvalue weighted by molar-refractivity contribution is 9.12. The van der Waals surface area contributed by atoms with Gasteiger partial charge in [-0.05, 0) is 65.6 Å². The second-order valence-electron chi connectivity index (χ2n) is 4.97. The number of carbonyl (C=O) groups is 2. The molecule has 1 heterocycles. The van der Waals surface area contributed by atoms with Crippen LogP contribution in [0.25, 0.3) is 0 Å². The Morgan fingerprint density at radius 3 is 2.37 bits per heavy atom. The minimum absolute atomic E-state index is 0.313. The first-order chi connectivity index (χ1) is 8.60. The van der Waals surface area contributed by atoms with Crippen LogP contribution in [0.15, 0.2) is 13.6 Å². The standard InChI is InChI=1S/C12H15Br2NO3S/c1-6(11(17)18-12(2,3)4)15-10(16)7-5-8(13)19-9(7)14/h5-6H,1-4H3,(H,15,16)/t6-/m1/s1. The molecule has 19 heavy (non-hydrogen) atoms. The number of nitrogens with one attached hydrogen (secondary N) is 1. The van der Waals surface area contributed by atoms with Crippen molar-refractivity contribution in [1.82, 2.24) is 5.32 Å². The molecule has 1 aromatic heterocycles. The average molecular weight is 413 g/mol. The molecular weight excluding hydrogens is 398 g/mol. The van der Waals surface area contributed by atoms with E-state index >= 15 is 0 Å². The Bertz CT molecular complexity index is 494. The molecule has 0 spiro atoms. The number of esters is 1. The maximum atomic E-state index is 12.0. The maximum Gasteiger partial charge on any atom is 0.328 e. The van der Waals surface area contributed by atoms with E-state index in [1.54, 1.807) is 33.8 Å². The van der Waals surface area contributed by atoms with Crippen molar-refractivity contribution in [2.75, 3.05) is 0 Å². The summed E-state index contributed by atoms with van der Waals surface area (Å²) < 4.78 is 6.76. The molecule has 7 heteroatoms. The highest BCUT2D eigenvalue weighted by Gasteiger charge is 2.24. The van der Waals surface area contributed by atoms with Crippen molar-refractivity contribution in [2.45, 2.75) is 39.3 Å². The first-order valence-electron chi connectivity index (χ1n) is 5.58. The summed E-state index contributed by atoms with van der Waals surface area (Å²) in [5.74, 6) is -0.765. The second kappa shape index (κ2) is 6.37. The molecule has 0 aliphatic rings. The fraction of sp³-hybridized carbons (Fsp3) is 0.500. The van der Waals surface area contributed by atoms with Crippen LogP contribution in [0.4, 0.5) is 0 Å². The van der Waals surface area contributed by atoms with Crippen LogP contribution in [0.1, 0.15) is 38.1 Å². The second-order valence-corrected chi connectivity index (χ2v) is 8.72. The smallest absolute Gasteiger partial charge is 0.328 e. The van der Waals surface area contributed by atoms with E-state index in [1.165, 1.54) is 11.3 Å². The first kappa shape index (κ1) is 16.7. The monoisotopic (exact) mass is 411 g/mol. The summed E-state index contributed by atoms with van der Waals surface area (Å²) in [6, 6.07) is 1.00. The van der Waals surface area contributed by atoms with Crippen molar-refractivity contribution in [3.8, 4) is 0 Å². The van der Waals surface area contributed by atoms with E-state index in [1.807, 2.05) is 0 Å². The molecular formula is C12H15Br2NO3S. The fourth-order valence-corrected chi connectivity index (χ4v) is 4.01. The lowest BCUT2D eigenvalue weighted by Gasteiger charge is -2.22. The molecule has 0 saturated heterocycles. The van der Waals surface area contributed by atoms with Gasteiger partial charge in [-0.2, -0.15) is 0 Å². The first-order valence-corrected chi connectivity index (χ1v) is 7.99. The van der Waals surface area contributed by atoms with Gasteiger partial charge in [-0.1, -0.05) is 0 Å². The third-order valence-corrected chi connectivity index (χ3v) is 4.35. The molecule has 0 aromatic carbocycles. The van der Waals surface area contributed by atoms with Crippen molar-refractivity contribution in [3.05, 3.63) is 19.2 Å². The van der Waals surface area contributed by atoms with Gasteiger partial charge in [0.05, 0.1) is 13.1 Å². The highest BCUT2D eigenvalue weighted by Crippen LogP contribution is 2.31. The summed E-state index contributed by atoms with van der Waals surface area (Å²) >= 11 is 8.01. The largest absolute Gasteiger partial charge is 0.458 e. The van der Waals surface area contributed by atoms with Gasteiger partial charge in [-0.25, -0.2) is 4.79 Å². The highest BCUT2D eigenvalue weighted by atomic mass is 79.9. The summed E-state index contributed by atoms with van der Waals surface area (Å²) in [6.07, 6.45) is 0. The normalized spacial score (nSPS) is 12.9. The zero-order valence-corrected chi connectivity index (χ0v) is 15.0. The Balaban J connectivity index is 2.67. The van der Waals surface area contributed by atoms with E-state index in [9.17, 15) is 9.59 Å². The molecule has 0 aliphatic carbocycles. The SMILES string of the molecule is C[C@@H](NC(=O)c1cc(Br)sc1Br)C(=O)OC(C)(C)C. The minimum Gasteiger partial charge on any atom is -0.458 e. The molecule has 1 N–H and O–H groups in total. The number of halogens is 2. The lowest BCUT2D eigenvalue weighted by atomic mass is 10.2. The van der Waals surface area contributed by atoms with Crippen molar-refractivity contribution in [1.29, 1.82) is 0 Å². The molecule has 1 aromatic rings. The van der Waals surface area contributed by atoms with Gasteiger partial charge in [0.2, 0.25) is 0 Å². The van der Waals surface area contributed by atoms with Gasteiger partial charge < -0.3 is 10.1 Å². The van der Waals surface area contributed by atoms with Crippen LogP contribution in [0.5, 0.6) is 0 Å². The van der Waals surface area contributed by atoms with Crippen LogP contribution >= 0.6 is 43.2 Å². The maximum absolute atomic E-state index is 12.0. The Hall–Kier alpha value is -0.400. The number of hydrogen-bond acceptors (Lipinski definition) is 4. The van der Waals surface area contributed by atoms with Crippen LogP contribution in [0.3, 0.4) is 0 Å². The Morgan fingerprint density at radius 1 is 1.37 bits per heavy atom. The molecule has 0 aliphatic heterocycles. The summed E-state index contributed by atoms with van der Waals surface area (Å²) in [5, 5.41) is 2.62. The van der Waals surface area contributed by atoms with Crippen LogP contribution in [0, 0.1) is 0 Å². The molecule has 0 unspecified atom stereocenters. The van der Waals surface area contributed by atoms with E-state index in [0.717, 1.165) is 3.79 Å². The summed E-state index contributed by atoms with van der Waals surface area (Å²) in [5.41, 5.74) is -0.0745. The topological polar surface area (TPSA) is 55.4 Å². The number of carbonyl (C=O) groups excluding carboxylic acids is 2. The van der Waals surface area contributed by atoms with Crippen molar-refractivity contribution in [2.24, 2.45) is 0 Å². The lowest BCUT2D eigenvalue weighted by molar-refractivity contribution is -0.156. The molecule has 0 radical (unpaired) electrons. The third kappa shape index (κ3) is 5.24. The summed E-state index contributed by atoms with van der Waals surface area (Å²) in [7, 11) is 0. The Morgan fingerprint density at radius 2 is 1.95 bits per heavy atom. The number of ether oxygens (including phenoxy) is 1. The summed E-state index contributed by atoms with van der Waals surface area (Å²) in [6.45, 7) is 6.95. The van der Waals surface area contributed by atoms with E-state index in [4.69, 9.17) is 4.74 Å². The van der Waals surface area contributed by atoms with Crippen LogP contribution in [-0.4, -0.2) is 23.5 Å². The molecule has 0 bridgehead atoms. The van der Waals surface area contributed by atoms with Crippen molar-refractivity contribution >= 4 is 55.1 Å². The fourth-order valence-electron chi connectivity index (χ4n) is 1.22. The summed E-state index contributed by atoms with van der Waals surface area (Å²) in [4.78, 5) is 23.8. The van der Waals surface area contributed by atoms with Crippen LogP contribution in [-0.2, 0) is 9.53 Å². The number of thiophene rings is 1. The van der Waals surface area contributed by atoms with Gasteiger partial charge in [-0.15, -0.1) is 11.3 Å². The quantitative estimate of drug-likeness (QED) is 0.769. The Labute approximate surface area is 133 Å². The predicted molar refractivity (Wildman–Crippen MR) is 82.5 cm³/mol. The van der Waals surface area contributed by atoms with Gasteiger partial charge in [0, 0.05) is 0 Å². The van der Waals surface area contributed by atoms with Crippen LogP contribution < -0.4 is 5.32 Å². The molecule has 106 valence electrons. The van der Waals surface area contributed by atoms with Gasteiger partial charge in [0.1, 0.15) is 11.6 Å². The third-order valence-electron chi connectivity index (χ3n) is 2.01. The van der Waals surface area contributed by atoms with Gasteiger partial charge >= 0.3 is 5.97 Å². The molecule has 1 atom stereocenters. The van der Waals surface area contributed by atoms with Crippen molar-refractivity contribution in [3.63, 3.8) is 0 Å². The minimum atomic E-state index is -0.697. The molecule has 0 saturated carbocycles. The molecule has 4 nitrogen and oxygen atoms in total. The van der Waals surface area contributed by atoms with E-state index < -0.39 is 17.6 Å². The Kier molecular flexibility index (Phi) is 5.58.